The molecule has 0 aliphatic rings. The van der Waals surface area contributed by atoms with Crippen LogP contribution in [0, 0.1) is 0 Å². The van der Waals surface area contributed by atoms with Gasteiger partial charge in [-0.25, -0.2) is 0 Å². The van der Waals surface area contributed by atoms with Crippen LogP contribution in [0.15, 0.2) is 22.7 Å². The highest BCUT2D eigenvalue weighted by molar-refractivity contribution is 9.10. The molecule has 100 valence electrons. The highest BCUT2D eigenvalue weighted by Gasteiger charge is 2.11. The van der Waals surface area contributed by atoms with E-state index in [1.165, 1.54) is 0 Å². The second-order valence-corrected chi connectivity index (χ2v) is 5.37. The first kappa shape index (κ1) is 15.0. The second kappa shape index (κ2) is 6.75. The Morgan fingerprint density at radius 2 is 2.06 bits per heavy atom. The molecular weight excluding hydrogens is 296 g/mol. The van der Waals surface area contributed by atoms with Crippen molar-refractivity contribution in [2.24, 2.45) is 5.73 Å². The largest absolute Gasteiger partial charge is 0.491 e. The van der Waals surface area contributed by atoms with Gasteiger partial charge >= 0.3 is 0 Å². The fourth-order valence-electron chi connectivity index (χ4n) is 1.40. The Hall–Kier alpha value is -1.07. The number of rotatable bonds is 5. The van der Waals surface area contributed by atoms with Crippen molar-refractivity contribution in [2.75, 3.05) is 6.54 Å². The lowest BCUT2D eigenvalue weighted by atomic mass is 10.2. The molecule has 3 N–H and O–H groups in total. The summed E-state index contributed by atoms with van der Waals surface area (Å²) in [5, 5.41) is 2.81. The van der Waals surface area contributed by atoms with E-state index in [4.69, 9.17) is 10.5 Å². The number of benzene rings is 1. The lowest BCUT2D eigenvalue weighted by Gasteiger charge is -2.14. The zero-order valence-electron chi connectivity index (χ0n) is 10.9. The van der Waals surface area contributed by atoms with E-state index >= 15 is 0 Å². The predicted octanol–water partition coefficient (Wildman–Crippen LogP) is 2.31. The molecular formula is C13H19BrN2O2. The van der Waals surface area contributed by atoms with Crippen LogP contribution in [0.3, 0.4) is 0 Å². The van der Waals surface area contributed by atoms with Gasteiger partial charge in [-0.15, -0.1) is 0 Å². The van der Waals surface area contributed by atoms with Crippen molar-refractivity contribution in [1.29, 1.82) is 0 Å². The Kier molecular flexibility index (Phi) is 5.62. The smallest absolute Gasteiger partial charge is 0.251 e. The molecule has 0 spiro atoms. The van der Waals surface area contributed by atoms with Crippen molar-refractivity contribution in [2.45, 2.75) is 32.9 Å². The van der Waals surface area contributed by atoms with Gasteiger partial charge in [0.05, 0.1) is 6.10 Å². The van der Waals surface area contributed by atoms with Crippen molar-refractivity contribution >= 4 is 21.8 Å². The highest BCUT2D eigenvalue weighted by Crippen LogP contribution is 2.22. The molecule has 1 rings (SSSR count). The van der Waals surface area contributed by atoms with Crippen molar-refractivity contribution in [3.05, 3.63) is 28.2 Å². The van der Waals surface area contributed by atoms with E-state index in [9.17, 15) is 4.79 Å². The van der Waals surface area contributed by atoms with E-state index in [1.54, 1.807) is 12.1 Å². The molecule has 18 heavy (non-hydrogen) atoms. The van der Waals surface area contributed by atoms with Crippen molar-refractivity contribution < 1.29 is 9.53 Å². The molecule has 1 atom stereocenters. The van der Waals surface area contributed by atoms with E-state index in [0.717, 1.165) is 4.47 Å². The standard InChI is InChI=1S/C13H19BrN2O2/c1-8(2)18-12-5-10(4-11(14)6-12)13(17)16-9(3)7-15/h4-6,8-9H,7,15H2,1-3H3,(H,16,17)/t9-/m0/s1. The summed E-state index contributed by atoms with van der Waals surface area (Å²) in [6, 6.07) is 5.27. The van der Waals surface area contributed by atoms with Crippen LogP contribution in [-0.4, -0.2) is 24.6 Å². The molecule has 1 amide bonds. The number of carbonyl (C=O) groups excluding carboxylic acids is 1. The van der Waals surface area contributed by atoms with Gasteiger partial charge in [-0.3, -0.25) is 4.79 Å². The average Bonchev–Trinajstić information content (AvgIpc) is 2.26. The van der Waals surface area contributed by atoms with Crippen LogP contribution in [-0.2, 0) is 0 Å². The summed E-state index contributed by atoms with van der Waals surface area (Å²) < 4.78 is 6.39. The fourth-order valence-corrected chi connectivity index (χ4v) is 1.87. The van der Waals surface area contributed by atoms with Crippen LogP contribution in [0.2, 0.25) is 0 Å². The summed E-state index contributed by atoms with van der Waals surface area (Å²) in [7, 11) is 0. The maximum Gasteiger partial charge on any atom is 0.251 e. The molecule has 0 radical (unpaired) electrons. The number of hydrogen-bond donors (Lipinski definition) is 2. The molecule has 1 aromatic rings. The number of nitrogens with one attached hydrogen (secondary N) is 1. The molecule has 0 fully saturated rings. The molecule has 0 bridgehead atoms. The third-order valence-corrected chi connectivity index (χ3v) is 2.69. The zero-order valence-corrected chi connectivity index (χ0v) is 12.5. The number of amides is 1. The molecule has 0 saturated carbocycles. The van der Waals surface area contributed by atoms with Crippen LogP contribution in [0.5, 0.6) is 5.75 Å². The number of hydrogen-bond acceptors (Lipinski definition) is 3. The Balaban J connectivity index is 2.88. The topological polar surface area (TPSA) is 64.3 Å². The molecule has 4 nitrogen and oxygen atoms in total. The maximum atomic E-state index is 12.0. The number of nitrogens with two attached hydrogens (primary N) is 1. The van der Waals surface area contributed by atoms with E-state index < -0.39 is 0 Å². The molecule has 1 aromatic carbocycles. The van der Waals surface area contributed by atoms with Gasteiger partial charge in [0.2, 0.25) is 0 Å². The summed E-state index contributed by atoms with van der Waals surface area (Å²) in [5.41, 5.74) is 6.03. The van der Waals surface area contributed by atoms with E-state index in [-0.39, 0.29) is 18.1 Å². The molecule has 0 saturated heterocycles. The van der Waals surface area contributed by atoms with Crippen LogP contribution >= 0.6 is 15.9 Å². The van der Waals surface area contributed by atoms with Crippen molar-refractivity contribution in [3.63, 3.8) is 0 Å². The summed E-state index contributed by atoms with van der Waals surface area (Å²) >= 11 is 3.37. The SMILES string of the molecule is CC(C)Oc1cc(Br)cc(C(=O)N[C@@H](C)CN)c1. The Morgan fingerprint density at radius 3 is 2.61 bits per heavy atom. The Bertz CT molecular complexity index is 421. The van der Waals surface area contributed by atoms with E-state index in [1.807, 2.05) is 26.8 Å². The minimum Gasteiger partial charge on any atom is -0.491 e. The first-order valence-corrected chi connectivity index (χ1v) is 6.70. The van der Waals surface area contributed by atoms with Crippen LogP contribution in [0.4, 0.5) is 0 Å². The first-order chi connectivity index (χ1) is 8.42. The minimum absolute atomic E-state index is 0.0500. The third-order valence-electron chi connectivity index (χ3n) is 2.24. The van der Waals surface area contributed by atoms with Gasteiger partial charge in [-0.1, -0.05) is 15.9 Å². The highest BCUT2D eigenvalue weighted by atomic mass is 79.9. The Morgan fingerprint density at radius 1 is 1.39 bits per heavy atom. The number of ether oxygens (including phenoxy) is 1. The van der Waals surface area contributed by atoms with Crippen molar-refractivity contribution in [1.82, 2.24) is 5.32 Å². The fraction of sp³-hybridized carbons (Fsp3) is 0.462. The lowest BCUT2D eigenvalue weighted by Crippen LogP contribution is -2.37. The molecule has 0 aliphatic heterocycles. The van der Waals surface area contributed by atoms with Gasteiger partial charge in [0.15, 0.2) is 0 Å². The summed E-state index contributed by atoms with van der Waals surface area (Å²) in [4.78, 5) is 12.0. The summed E-state index contributed by atoms with van der Waals surface area (Å²) in [6.07, 6.45) is 0.0678. The zero-order chi connectivity index (χ0) is 13.7. The van der Waals surface area contributed by atoms with Gasteiger partial charge < -0.3 is 15.8 Å². The van der Waals surface area contributed by atoms with Crippen LogP contribution in [0.1, 0.15) is 31.1 Å². The molecule has 0 aromatic heterocycles. The predicted molar refractivity (Wildman–Crippen MR) is 75.9 cm³/mol. The monoisotopic (exact) mass is 314 g/mol. The van der Waals surface area contributed by atoms with Gasteiger partial charge in [-0.2, -0.15) is 0 Å². The number of halogens is 1. The van der Waals surface area contributed by atoms with Gasteiger partial charge in [0, 0.05) is 22.6 Å². The minimum atomic E-state index is -0.150. The van der Waals surface area contributed by atoms with Crippen LogP contribution < -0.4 is 15.8 Å². The Labute approximate surface area is 116 Å². The maximum absolute atomic E-state index is 12.0. The van der Waals surface area contributed by atoms with Gasteiger partial charge in [0.1, 0.15) is 5.75 Å². The van der Waals surface area contributed by atoms with E-state index in [2.05, 4.69) is 21.2 Å². The van der Waals surface area contributed by atoms with E-state index in [0.29, 0.717) is 17.9 Å². The molecule has 0 unspecified atom stereocenters. The van der Waals surface area contributed by atoms with Gasteiger partial charge in [-0.05, 0) is 39.0 Å². The van der Waals surface area contributed by atoms with Gasteiger partial charge in [0.25, 0.3) is 5.91 Å². The first-order valence-electron chi connectivity index (χ1n) is 5.90. The molecule has 0 aliphatic carbocycles. The number of carbonyl (C=O) groups is 1. The van der Waals surface area contributed by atoms with Crippen LogP contribution in [0.25, 0.3) is 0 Å². The average molecular weight is 315 g/mol. The lowest BCUT2D eigenvalue weighted by molar-refractivity contribution is 0.0940. The third kappa shape index (κ3) is 4.66. The second-order valence-electron chi connectivity index (χ2n) is 4.45. The summed E-state index contributed by atoms with van der Waals surface area (Å²) in [5.74, 6) is 0.521. The molecule has 0 heterocycles. The summed E-state index contributed by atoms with van der Waals surface area (Å²) in [6.45, 7) is 6.16. The normalized spacial score (nSPS) is 12.3. The molecule has 5 heteroatoms. The van der Waals surface area contributed by atoms with Crippen molar-refractivity contribution in [3.8, 4) is 5.75 Å². The quantitative estimate of drug-likeness (QED) is 0.876.